The Bertz CT molecular complexity index is 398. The van der Waals surface area contributed by atoms with Gasteiger partial charge in [0.2, 0.25) is 0 Å². The fraction of sp³-hybridized carbons (Fsp3) is 0.200. The Morgan fingerprint density at radius 3 is 2.60 bits per heavy atom. The third kappa shape index (κ3) is 3.45. The third-order valence-corrected chi connectivity index (χ3v) is 3.91. The van der Waals surface area contributed by atoms with E-state index in [1.54, 1.807) is 11.3 Å². The smallest absolute Gasteiger partial charge is 0.169 e. The van der Waals surface area contributed by atoms with Gasteiger partial charge in [-0.25, -0.2) is 0 Å². The van der Waals surface area contributed by atoms with E-state index in [9.17, 15) is 0 Å². The molecule has 0 spiro atoms. The van der Waals surface area contributed by atoms with Crippen LogP contribution in [0.5, 0.6) is 0 Å². The van der Waals surface area contributed by atoms with Crippen LogP contribution in [0.4, 0.5) is 0 Å². The van der Waals surface area contributed by atoms with E-state index in [0.29, 0.717) is 0 Å². The molecule has 2 aromatic heterocycles. The van der Waals surface area contributed by atoms with Gasteiger partial charge in [0.15, 0.2) is 4.67 Å². The summed E-state index contributed by atoms with van der Waals surface area (Å²) in [6.07, 6.45) is 0. The molecule has 0 atom stereocenters. The van der Waals surface area contributed by atoms with Crippen LogP contribution >= 0.6 is 43.2 Å². The van der Waals surface area contributed by atoms with Crippen molar-refractivity contribution in [1.82, 2.24) is 5.32 Å². The molecule has 15 heavy (non-hydrogen) atoms. The molecule has 1 N–H and O–H groups in total. The van der Waals surface area contributed by atoms with E-state index in [4.69, 9.17) is 4.42 Å². The summed E-state index contributed by atoms with van der Waals surface area (Å²) in [5.41, 5.74) is 0. The zero-order chi connectivity index (χ0) is 10.7. The molecule has 0 radical (unpaired) electrons. The zero-order valence-electron chi connectivity index (χ0n) is 7.80. The first-order valence-corrected chi connectivity index (χ1v) is 6.83. The number of hydrogen-bond acceptors (Lipinski definition) is 3. The largest absolute Gasteiger partial charge is 0.453 e. The summed E-state index contributed by atoms with van der Waals surface area (Å²) < 4.78 is 7.32. The van der Waals surface area contributed by atoms with Crippen LogP contribution in [0.2, 0.25) is 0 Å². The van der Waals surface area contributed by atoms with Gasteiger partial charge in [-0.3, -0.25) is 0 Å². The van der Waals surface area contributed by atoms with Crippen LogP contribution in [0, 0.1) is 0 Å². The molecule has 2 rings (SSSR count). The normalized spacial score (nSPS) is 10.8. The summed E-state index contributed by atoms with van der Waals surface area (Å²) in [6, 6.07) is 8.03. The van der Waals surface area contributed by atoms with Crippen molar-refractivity contribution < 1.29 is 4.42 Å². The average Bonchev–Trinajstić information content (AvgIpc) is 2.76. The molecular weight excluding hydrogens is 342 g/mol. The Hall–Kier alpha value is -0.100. The lowest BCUT2D eigenvalue weighted by atomic mass is 10.4. The number of thiophene rings is 1. The van der Waals surface area contributed by atoms with Crippen molar-refractivity contribution in [3.05, 3.63) is 43.4 Å². The second-order valence-electron chi connectivity index (χ2n) is 3.02. The fourth-order valence-electron chi connectivity index (χ4n) is 1.20. The van der Waals surface area contributed by atoms with Crippen molar-refractivity contribution in [1.29, 1.82) is 0 Å². The number of hydrogen-bond donors (Lipinski definition) is 1. The zero-order valence-corrected chi connectivity index (χ0v) is 11.8. The molecule has 2 heterocycles. The predicted octanol–water partition coefficient (Wildman–Crippen LogP) is 4.16. The molecule has 0 unspecified atom stereocenters. The summed E-state index contributed by atoms with van der Waals surface area (Å²) in [6.45, 7) is 1.62. The first-order valence-electron chi connectivity index (χ1n) is 4.43. The van der Waals surface area contributed by atoms with Crippen LogP contribution in [-0.4, -0.2) is 0 Å². The van der Waals surface area contributed by atoms with Crippen molar-refractivity contribution in [3.8, 4) is 0 Å². The molecule has 0 aliphatic rings. The Kier molecular flexibility index (Phi) is 4.02. The standard InChI is InChI=1S/C10H9Br2NOS/c11-9-3-1-7(14-9)5-13-6-8-2-4-10(12)15-8/h1-4,13H,5-6H2. The van der Waals surface area contributed by atoms with Gasteiger partial charge in [0.05, 0.1) is 10.3 Å². The fourth-order valence-corrected chi connectivity index (χ4v) is 3.00. The summed E-state index contributed by atoms with van der Waals surface area (Å²) in [4.78, 5) is 1.31. The molecule has 0 aliphatic carbocycles. The van der Waals surface area contributed by atoms with Gasteiger partial charge in [-0.1, -0.05) is 0 Å². The second kappa shape index (κ2) is 5.30. The molecule has 80 valence electrons. The van der Waals surface area contributed by atoms with E-state index < -0.39 is 0 Å². The van der Waals surface area contributed by atoms with Crippen molar-refractivity contribution >= 4 is 43.2 Å². The molecule has 0 saturated carbocycles. The number of rotatable bonds is 4. The molecule has 0 bridgehead atoms. The molecule has 0 amide bonds. The molecule has 5 heteroatoms. The van der Waals surface area contributed by atoms with E-state index >= 15 is 0 Å². The van der Waals surface area contributed by atoms with Gasteiger partial charge in [-0.2, -0.15) is 0 Å². The van der Waals surface area contributed by atoms with E-state index in [1.807, 2.05) is 12.1 Å². The molecular formula is C10H9Br2NOS. The quantitative estimate of drug-likeness (QED) is 0.895. The van der Waals surface area contributed by atoms with Gasteiger partial charge in [0, 0.05) is 11.4 Å². The van der Waals surface area contributed by atoms with E-state index in [2.05, 4.69) is 49.3 Å². The Balaban J connectivity index is 1.80. The van der Waals surface area contributed by atoms with Gasteiger partial charge >= 0.3 is 0 Å². The molecule has 0 fully saturated rings. The number of furan rings is 1. The minimum atomic E-state index is 0.751. The highest BCUT2D eigenvalue weighted by Crippen LogP contribution is 2.22. The topological polar surface area (TPSA) is 25.2 Å². The number of nitrogens with one attached hydrogen (secondary N) is 1. The van der Waals surface area contributed by atoms with Crippen molar-refractivity contribution in [3.63, 3.8) is 0 Å². The Morgan fingerprint density at radius 1 is 1.13 bits per heavy atom. The maximum atomic E-state index is 5.37. The van der Waals surface area contributed by atoms with Gasteiger partial charge in [-0.05, 0) is 56.1 Å². The van der Waals surface area contributed by atoms with E-state index in [-0.39, 0.29) is 0 Å². The molecule has 0 saturated heterocycles. The number of halogens is 2. The third-order valence-electron chi connectivity index (χ3n) is 1.86. The monoisotopic (exact) mass is 349 g/mol. The maximum absolute atomic E-state index is 5.37. The van der Waals surface area contributed by atoms with Crippen LogP contribution in [-0.2, 0) is 13.1 Å². The van der Waals surface area contributed by atoms with E-state index in [1.165, 1.54) is 8.66 Å². The lowest BCUT2D eigenvalue weighted by molar-refractivity contribution is 0.466. The average molecular weight is 351 g/mol. The van der Waals surface area contributed by atoms with Gasteiger partial charge < -0.3 is 9.73 Å². The van der Waals surface area contributed by atoms with Gasteiger partial charge in [-0.15, -0.1) is 11.3 Å². The van der Waals surface area contributed by atoms with Crippen molar-refractivity contribution in [2.45, 2.75) is 13.1 Å². The minimum Gasteiger partial charge on any atom is -0.453 e. The second-order valence-corrected chi connectivity index (χ2v) is 6.34. The Labute approximate surface area is 109 Å². The van der Waals surface area contributed by atoms with Crippen LogP contribution in [0.3, 0.4) is 0 Å². The van der Waals surface area contributed by atoms with Crippen LogP contribution in [0.25, 0.3) is 0 Å². The van der Waals surface area contributed by atoms with Crippen molar-refractivity contribution in [2.75, 3.05) is 0 Å². The first-order chi connectivity index (χ1) is 7.24. The Morgan fingerprint density at radius 2 is 2.00 bits per heavy atom. The molecule has 2 nitrogen and oxygen atoms in total. The maximum Gasteiger partial charge on any atom is 0.169 e. The van der Waals surface area contributed by atoms with Gasteiger partial charge in [0.1, 0.15) is 5.76 Å². The van der Waals surface area contributed by atoms with Crippen molar-refractivity contribution in [2.24, 2.45) is 0 Å². The lowest BCUT2D eigenvalue weighted by Crippen LogP contribution is -2.10. The molecule has 2 aromatic rings. The highest BCUT2D eigenvalue weighted by atomic mass is 79.9. The highest BCUT2D eigenvalue weighted by molar-refractivity contribution is 9.11. The highest BCUT2D eigenvalue weighted by Gasteiger charge is 2.00. The first kappa shape index (κ1) is 11.4. The molecule has 0 aromatic carbocycles. The van der Waals surface area contributed by atoms with E-state index in [0.717, 1.165) is 23.5 Å². The van der Waals surface area contributed by atoms with Crippen LogP contribution in [0.15, 0.2) is 37.1 Å². The van der Waals surface area contributed by atoms with Crippen LogP contribution < -0.4 is 5.32 Å². The SMILES string of the molecule is Brc1ccc(CNCc2ccc(Br)s2)o1. The minimum absolute atomic E-state index is 0.751. The summed E-state index contributed by atoms with van der Waals surface area (Å²) in [7, 11) is 0. The van der Waals surface area contributed by atoms with Crippen LogP contribution in [0.1, 0.15) is 10.6 Å². The predicted molar refractivity (Wildman–Crippen MR) is 69.0 cm³/mol. The summed E-state index contributed by atoms with van der Waals surface area (Å²) in [5, 5.41) is 3.32. The van der Waals surface area contributed by atoms with Gasteiger partial charge in [0.25, 0.3) is 0 Å². The summed E-state index contributed by atoms with van der Waals surface area (Å²) in [5.74, 6) is 0.942. The summed E-state index contributed by atoms with van der Waals surface area (Å²) >= 11 is 8.45. The lowest BCUT2D eigenvalue weighted by Gasteiger charge is -1.99. The molecule has 0 aliphatic heterocycles.